The highest BCUT2D eigenvalue weighted by Crippen LogP contribution is 2.09. The molecule has 0 aliphatic heterocycles. The molecule has 6 heteroatoms. The number of aliphatic hydroxyl groups is 1. The van der Waals surface area contributed by atoms with E-state index in [1.807, 2.05) is 0 Å². The lowest BCUT2D eigenvalue weighted by atomic mass is 10.2. The van der Waals surface area contributed by atoms with Crippen LogP contribution in [0.15, 0.2) is 16.5 Å². The maximum absolute atomic E-state index is 11.2. The molecule has 1 atom stereocenters. The summed E-state index contributed by atoms with van der Waals surface area (Å²) in [5, 5.41) is 12.1. The highest BCUT2D eigenvalue weighted by molar-refractivity contribution is 5.86. The zero-order valence-corrected chi connectivity index (χ0v) is 10.6. The molecule has 0 amide bonds. The Morgan fingerprint density at radius 3 is 2.89 bits per heavy atom. The lowest BCUT2D eigenvalue weighted by Gasteiger charge is -2.15. The van der Waals surface area contributed by atoms with Crippen molar-refractivity contribution in [3.63, 3.8) is 0 Å². The first-order chi connectivity index (χ1) is 8.71. The van der Waals surface area contributed by atoms with Crippen LogP contribution in [0.2, 0.25) is 0 Å². The molecular formula is C12H19NO5. The Bertz CT molecular complexity index is 357. The number of rotatable bonds is 8. The van der Waals surface area contributed by atoms with E-state index >= 15 is 0 Å². The monoisotopic (exact) mass is 257 g/mol. The molecule has 0 saturated carbocycles. The zero-order valence-electron chi connectivity index (χ0n) is 10.6. The number of aliphatic hydroxyl groups excluding tert-OH is 1. The molecule has 0 aliphatic carbocycles. The van der Waals surface area contributed by atoms with Crippen LogP contribution in [-0.2, 0) is 16.0 Å². The lowest BCUT2D eigenvalue weighted by molar-refractivity contribution is 0.0562. The van der Waals surface area contributed by atoms with Gasteiger partial charge in [0.25, 0.3) is 0 Å². The quantitative estimate of drug-likeness (QED) is 0.662. The van der Waals surface area contributed by atoms with Crippen molar-refractivity contribution in [1.82, 2.24) is 5.32 Å². The molecule has 102 valence electrons. The minimum atomic E-state index is -0.495. The van der Waals surface area contributed by atoms with E-state index < -0.39 is 5.97 Å². The van der Waals surface area contributed by atoms with E-state index in [9.17, 15) is 4.79 Å². The number of carbonyl (C=O) groups is 1. The first kappa shape index (κ1) is 14.7. The van der Waals surface area contributed by atoms with E-state index in [0.717, 1.165) is 0 Å². The predicted octanol–water partition coefficient (Wildman–Crippen LogP) is 0.553. The van der Waals surface area contributed by atoms with Gasteiger partial charge in [-0.05, 0) is 18.6 Å². The Balaban J connectivity index is 2.46. The molecule has 0 aromatic carbocycles. The third-order valence-corrected chi connectivity index (χ3v) is 2.46. The summed E-state index contributed by atoms with van der Waals surface area (Å²) in [5.41, 5.74) is 0. The van der Waals surface area contributed by atoms with Gasteiger partial charge in [0.1, 0.15) is 5.76 Å². The molecule has 1 unspecified atom stereocenters. The van der Waals surface area contributed by atoms with Crippen molar-refractivity contribution in [2.45, 2.75) is 19.0 Å². The number of furan rings is 1. The van der Waals surface area contributed by atoms with Crippen LogP contribution in [0.1, 0.15) is 22.7 Å². The minimum Gasteiger partial charge on any atom is -0.463 e. The summed E-state index contributed by atoms with van der Waals surface area (Å²) in [6.07, 6.45) is 0.596. The molecule has 0 spiro atoms. The van der Waals surface area contributed by atoms with Gasteiger partial charge in [0.05, 0.1) is 20.3 Å². The zero-order chi connectivity index (χ0) is 13.4. The van der Waals surface area contributed by atoms with Crippen molar-refractivity contribution < 1.29 is 23.8 Å². The highest BCUT2D eigenvalue weighted by Gasteiger charge is 2.12. The summed E-state index contributed by atoms with van der Waals surface area (Å²) < 4.78 is 14.9. The Morgan fingerprint density at radius 2 is 2.28 bits per heavy atom. The predicted molar refractivity (Wildman–Crippen MR) is 64.3 cm³/mol. The van der Waals surface area contributed by atoms with Crippen LogP contribution in [0.4, 0.5) is 0 Å². The van der Waals surface area contributed by atoms with Crippen LogP contribution >= 0.6 is 0 Å². The highest BCUT2D eigenvalue weighted by atomic mass is 16.5. The van der Waals surface area contributed by atoms with Gasteiger partial charge in [-0.2, -0.15) is 0 Å². The number of nitrogens with one attached hydrogen (secondary N) is 1. The number of methoxy groups -OCH3 is 2. The van der Waals surface area contributed by atoms with Crippen molar-refractivity contribution >= 4 is 5.97 Å². The number of esters is 1. The second-order valence-electron chi connectivity index (χ2n) is 3.80. The van der Waals surface area contributed by atoms with Gasteiger partial charge in [-0.3, -0.25) is 0 Å². The number of hydrogen-bond donors (Lipinski definition) is 2. The van der Waals surface area contributed by atoms with Gasteiger partial charge in [-0.25, -0.2) is 4.79 Å². The Labute approximate surface area is 106 Å². The average Bonchev–Trinajstić information content (AvgIpc) is 2.84. The molecule has 1 aromatic rings. The van der Waals surface area contributed by atoms with Gasteiger partial charge < -0.3 is 24.3 Å². The maximum Gasteiger partial charge on any atom is 0.373 e. The van der Waals surface area contributed by atoms with Crippen molar-refractivity contribution in [3.05, 3.63) is 23.7 Å². The van der Waals surface area contributed by atoms with Gasteiger partial charge in [0.15, 0.2) is 0 Å². The van der Waals surface area contributed by atoms with Gasteiger partial charge in [-0.15, -0.1) is 0 Å². The van der Waals surface area contributed by atoms with E-state index in [1.54, 1.807) is 19.2 Å². The van der Waals surface area contributed by atoms with Crippen molar-refractivity contribution in [2.24, 2.45) is 0 Å². The minimum absolute atomic E-state index is 0.0478. The topological polar surface area (TPSA) is 80.9 Å². The Kier molecular flexibility index (Phi) is 6.42. The van der Waals surface area contributed by atoms with E-state index in [0.29, 0.717) is 25.3 Å². The third kappa shape index (κ3) is 4.48. The average molecular weight is 257 g/mol. The number of carbonyl (C=O) groups excluding carboxylic acids is 1. The van der Waals surface area contributed by atoms with E-state index in [2.05, 4.69) is 10.1 Å². The lowest BCUT2D eigenvalue weighted by Crippen LogP contribution is -2.33. The van der Waals surface area contributed by atoms with Crippen molar-refractivity contribution in [3.8, 4) is 0 Å². The molecule has 0 bridgehead atoms. The smallest absolute Gasteiger partial charge is 0.373 e. The van der Waals surface area contributed by atoms with E-state index in [-0.39, 0.29) is 18.4 Å². The summed E-state index contributed by atoms with van der Waals surface area (Å²) in [4.78, 5) is 11.2. The van der Waals surface area contributed by atoms with E-state index in [1.165, 1.54) is 7.11 Å². The second-order valence-corrected chi connectivity index (χ2v) is 3.80. The molecule has 1 heterocycles. The fourth-order valence-corrected chi connectivity index (χ4v) is 1.53. The summed E-state index contributed by atoms with van der Waals surface area (Å²) in [6.45, 7) is 1.06. The summed E-state index contributed by atoms with van der Waals surface area (Å²) in [7, 11) is 2.91. The standard InChI is InChI=1S/C12H19NO5/c1-16-8-9(5-6-14)13-7-10-3-4-11(18-10)12(15)17-2/h3-4,9,13-14H,5-8H2,1-2H3. The van der Waals surface area contributed by atoms with Crippen LogP contribution < -0.4 is 5.32 Å². The fourth-order valence-electron chi connectivity index (χ4n) is 1.53. The Morgan fingerprint density at radius 1 is 1.50 bits per heavy atom. The summed E-state index contributed by atoms with van der Waals surface area (Å²) in [6, 6.07) is 3.33. The first-order valence-electron chi connectivity index (χ1n) is 5.71. The van der Waals surface area contributed by atoms with Gasteiger partial charge in [0, 0.05) is 19.8 Å². The van der Waals surface area contributed by atoms with Crippen LogP contribution in [0.25, 0.3) is 0 Å². The van der Waals surface area contributed by atoms with Gasteiger partial charge >= 0.3 is 5.97 Å². The molecule has 0 fully saturated rings. The second kappa shape index (κ2) is 7.86. The summed E-state index contributed by atoms with van der Waals surface area (Å²) in [5.74, 6) is 0.319. The fraction of sp³-hybridized carbons (Fsp3) is 0.583. The molecule has 0 aliphatic rings. The number of hydrogen-bond acceptors (Lipinski definition) is 6. The van der Waals surface area contributed by atoms with Crippen molar-refractivity contribution in [2.75, 3.05) is 27.4 Å². The molecule has 0 saturated heterocycles. The first-order valence-corrected chi connectivity index (χ1v) is 5.71. The molecule has 18 heavy (non-hydrogen) atoms. The maximum atomic E-state index is 11.2. The molecular weight excluding hydrogens is 238 g/mol. The molecule has 0 radical (unpaired) electrons. The normalized spacial score (nSPS) is 12.4. The van der Waals surface area contributed by atoms with Crippen molar-refractivity contribution in [1.29, 1.82) is 0 Å². The number of ether oxygens (including phenoxy) is 2. The van der Waals surface area contributed by atoms with Crippen LogP contribution in [0.3, 0.4) is 0 Å². The van der Waals surface area contributed by atoms with Gasteiger partial charge in [0.2, 0.25) is 5.76 Å². The molecule has 1 aromatic heterocycles. The summed E-state index contributed by atoms with van der Waals surface area (Å²) >= 11 is 0. The largest absolute Gasteiger partial charge is 0.463 e. The SMILES string of the molecule is COCC(CCO)NCc1ccc(C(=O)OC)o1. The van der Waals surface area contributed by atoms with Gasteiger partial charge in [-0.1, -0.05) is 0 Å². The Hall–Kier alpha value is -1.37. The molecule has 1 rings (SSSR count). The van der Waals surface area contributed by atoms with Crippen LogP contribution in [0, 0.1) is 0 Å². The third-order valence-electron chi connectivity index (χ3n) is 2.46. The van der Waals surface area contributed by atoms with Crippen LogP contribution in [0.5, 0.6) is 0 Å². The van der Waals surface area contributed by atoms with Crippen LogP contribution in [-0.4, -0.2) is 44.6 Å². The molecule has 2 N–H and O–H groups in total. The molecule has 6 nitrogen and oxygen atoms in total. The van der Waals surface area contributed by atoms with E-state index in [4.69, 9.17) is 14.3 Å².